The number of ether oxygens (including phenoxy) is 1. The van der Waals surface area contributed by atoms with Crippen LogP contribution in [0, 0.1) is 6.92 Å². The number of nitrogens with one attached hydrogen (secondary N) is 2. The van der Waals surface area contributed by atoms with E-state index in [1.807, 2.05) is 13.2 Å². The molecule has 38 heavy (non-hydrogen) atoms. The molecule has 3 N–H and O–H groups in total. The van der Waals surface area contributed by atoms with Crippen LogP contribution in [0.5, 0.6) is 5.75 Å². The lowest BCUT2D eigenvalue weighted by molar-refractivity contribution is -0.143. The van der Waals surface area contributed by atoms with Crippen molar-refractivity contribution in [2.24, 2.45) is 0 Å². The summed E-state index contributed by atoms with van der Waals surface area (Å²) >= 11 is 1.59. The van der Waals surface area contributed by atoms with Crippen molar-refractivity contribution in [2.75, 3.05) is 18.6 Å². The van der Waals surface area contributed by atoms with Gasteiger partial charge in [-0.3, -0.25) is 9.59 Å². The molecule has 2 atom stereocenters. The van der Waals surface area contributed by atoms with Gasteiger partial charge in [-0.15, -0.1) is 0 Å². The zero-order chi connectivity index (χ0) is 28.3. The van der Waals surface area contributed by atoms with Crippen molar-refractivity contribution >= 4 is 29.7 Å². The Kier molecular flexibility index (Phi) is 12.8. The van der Waals surface area contributed by atoms with E-state index in [0.717, 1.165) is 32.1 Å². The Morgan fingerprint density at radius 3 is 2.45 bits per heavy atom. The number of nitrogens with zero attached hydrogens (tertiary/aromatic N) is 1. The number of amides is 3. The van der Waals surface area contributed by atoms with Crippen LogP contribution in [0.25, 0.3) is 0 Å². The fourth-order valence-corrected chi connectivity index (χ4v) is 5.16. The molecule has 2 rings (SSSR count). The summed E-state index contributed by atoms with van der Waals surface area (Å²) in [6.45, 7) is 9.50. The fraction of sp³-hybridized carbons (Fsp3) is 0.690. The Bertz CT molecular complexity index is 927. The average molecular weight is 550 g/mol. The van der Waals surface area contributed by atoms with Crippen LogP contribution in [0.15, 0.2) is 18.2 Å². The Hall–Kier alpha value is -2.42. The average Bonchev–Trinajstić information content (AvgIpc) is 2.85. The van der Waals surface area contributed by atoms with Gasteiger partial charge in [-0.05, 0) is 88.6 Å². The monoisotopic (exact) mass is 549 g/mol. The molecule has 214 valence electrons. The van der Waals surface area contributed by atoms with E-state index in [1.54, 1.807) is 62.6 Å². The number of aryl methyl sites for hydroxylation is 1. The first-order chi connectivity index (χ1) is 18.0. The number of benzene rings is 1. The highest BCUT2D eigenvalue weighted by molar-refractivity contribution is 7.98. The number of alkyl carbamates (subject to hydrolysis) is 1. The van der Waals surface area contributed by atoms with Crippen molar-refractivity contribution in [3.05, 3.63) is 29.3 Å². The van der Waals surface area contributed by atoms with Crippen molar-refractivity contribution in [2.45, 2.75) is 110 Å². The zero-order valence-electron chi connectivity index (χ0n) is 24.0. The number of aromatic hydroxyl groups is 1. The molecule has 1 aromatic rings. The second-order valence-corrected chi connectivity index (χ2v) is 12.1. The van der Waals surface area contributed by atoms with E-state index in [1.165, 1.54) is 6.42 Å². The minimum absolute atomic E-state index is 0.0762. The number of phenolic OH excluding ortho intramolecular Hbond substituents is 1. The van der Waals surface area contributed by atoms with E-state index in [0.29, 0.717) is 36.3 Å². The number of unbranched alkanes of at least 4 members (excludes halogenated alkanes) is 1. The Labute approximate surface area is 232 Å². The lowest BCUT2D eigenvalue weighted by Gasteiger charge is -2.36. The standard InChI is InChI=1S/C29H47N3O5S/c1-7-8-17-32(27(35)23(16-18-38-6)31-28(36)37-29(3,4)5)25(21-14-15-24(33)20(2)19-21)26(34)30-22-12-10-9-11-13-22/h14-15,19,22-23,25,33H,7-13,16-18H2,1-6H3,(H,30,34)(H,31,36). The maximum Gasteiger partial charge on any atom is 0.408 e. The molecule has 0 bridgehead atoms. The van der Waals surface area contributed by atoms with Gasteiger partial charge in [0.05, 0.1) is 0 Å². The highest BCUT2D eigenvalue weighted by Crippen LogP contribution is 2.29. The predicted octanol–water partition coefficient (Wildman–Crippen LogP) is 5.47. The van der Waals surface area contributed by atoms with Crippen molar-refractivity contribution in [1.29, 1.82) is 0 Å². The second-order valence-electron chi connectivity index (χ2n) is 11.2. The van der Waals surface area contributed by atoms with E-state index in [2.05, 4.69) is 10.6 Å². The minimum atomic E-state index is -0.882. The van der Waals surface area contributed by atoms with Gasteiger partial charge in [-0.1, -0.05) is 38.7 Å². The van der Waals surface area contributed by atoms with Gasteiger partial charge >= 0.3 is 6.09 Å². The third-order valence-electron chi connectivity index (χ3n) is 6.68. The maximum atomic E-state index is 14.1. The summed E-state index contributed by atoms with van der Waals surface area (Å²) in [4.78, 5) is 42.3. The van der Waals surface area contributed by atoms with Gasteiger partial charge in [-0.2, -0.15) is 11.8 Å². The largest absolute Gasteiger partial charge is 0.508 e. The van der Waals surface area contributed by atoms with E-state index < -0.39 is 23.8 Å². The normalized spacial score (nSPS) is 15.8. The quantitative estimate of drug-likeness (QED) is 0.319. The molecular formula is C29H47N3O5S. The molecule has 0 spiro atoms. The number of carbonyl (C=O) groups is 3. The van der Waals surface area contributed by atoms with E-state index in [-0.39, 0.29) is 23.6 Å². The van der Waals surface area contributed by atoms with E-state index in [4.69, 9.17) is 4.74 Å². The Morgan fingerprint density at radius 2 is 1.87 bits per heavy atom. The molecule has 1 aliphatic rings. The van der Waals surface area contributed by atoms with Gasteiger partial charge in [0.2, 0.25) is 11.8 Å². The highest BCUT2D eigenvalue weighted by Gasteiger charge is 2.36. The number of thioether (sulfide) groups is 1. The molecule has 2 unspecified atom stereocenters. The molecule has 0 saturated heterocycles. The van der Waals surface area contributed by atoms with Crippen LogP contribution in [0.2, 0.25) is 0 Å². The molecular weight excluding hydrogens is 502 g/mol. The number of rotatable bonds is 12. The first-order valence-corrected chi connectivity index (χ1v) is 15.2. The van der Waals surface area contributed by atoms with Gasteiger partial charge in [0.25, 0.3) is 0 Å². The van der Waals surface area contributed by atoms with E-state index >= 15 is 0 Å². The molecule has 0 aromatic heterocycles. The van der Waals surface area contributed by atoms with Gasteiger partial charge in [0, 0.05) is 12.6 Å². The number of phenols is 1. The molecule has 1 aliphatic carbocycles. The summed E-state index contributed by atoms with van der Waals surface area (Å²) in [5, 5.41) is 16.1. The van der Waals surface area contributed by atoms with E-state index in [9.17, 15) is 19.5 Å². The number of hydrogen-bond donors (Lipinski definition) is 3. The van der Waals surface area contributed by atoms with Crippen LogP contribution in [-0.2, 0) is 14.3 Å². The van der Waals surface area contributed by atoms with Crippen LogP contribution in [0.3, 0.4) is 0 Å². The second kappa shape index (κ2) is 15.2. The van der Waals surface area contributed by atoms with Gasteiger partial charge in [-0.25, -0.2) is 4.79 Å². The molecule has 1 aromatic carbocycles. The molecule has 1 fully saturated rings. The SMILES string of the molecule is CCCCN(C(=O)C(CCSC)NC(=O)OC(C)(C)C)C(C(=O)NC1CCCCC1)c1ccc(O)c(C)c1. The molecule has 3 amide bonds. The molecule has 9 heteroatoms. The van der Waals surface area contributed by atoms with Gasteiger partial charge in [0.15, 0.2) is 0 Å². The van der Waals surface area contributed by atoms with Crippen molar-refractivity contribution in [3.63, 3.8) is 0 Å². The minimum Gasteiger partial charge on any atom is -0.508 e. The highest BCUT2D eigenvalue weighted by atomic mass is 32.2. The molecule has 0 aliphatic heterocycles. The Morgan fingerprint density at radius 1 is 1.18 bits per heavy atom. The molecule has 1 saturated carbocycles. The van der Waals surface area contributed by atoms with Crippen LogP contribution >= 0.6 is 11.8 Å². The van der Waals surface area contributed by atoms with Crippen LogP contribution in [-0.4, -0.2) is 64.2 Å². The molecule has 0 radical (unpaired) electrons. The van der Waals surface area contributed by atoms with Gasteiger partial charge < -0.3 is 25.4 Å². The topological polar surface area (TPSA) is 108 Å². The molecule has 8 nitrogen and oxygen atoms in total. The summed E-state index contributed by atoms with van der Waals surface area (Å²) in [5.41, 5.74) is 0.566. The number of carbonyl (C=O) groups excluding carboxylic acids is 3. The first kappa shape index (κ1) is 31.8. The third kappa shape index (κ3) is 10.0. The van der Waals surface area contributed by atoms with Crippen molar-refractivity contribution in [1.82, 2.24) is 15.5 Å². The Balaban J connectivity index is 2.46. The summed E-state index contributed by atoms with van der Waals surface area (Å²) in [6.07, 6.45) is 8.40. The fourth-order valence-electron chi connectivity index (χ4n) is 4.69. The third-order valence-corrected chi connectivity index (χ3v) is 7.33. The maximum absolute atomic E-state index is 14.1. The summed E-state index contributed by atoms with van der Waals surface area (Å²) < 4.78 is 5.45. The number of hydrogen-bond acceptors (Lipinski definition) is 6. The van der Waals surface area contributed by atoms with Crippen LogP contribution in [0.1, 0.15) is 96.2 Å². The van der Waals surface area contributed by atoms with Crippen molar-refractivity contribution in [3.8, 4) is 5.75 Å². The molecule has 0 heterocycles. The smallest absolute Gasteiger partial charge is 0.408 e. The lowest BCUT2D eigenvalue weighted by atomic mass is 9.94. The predicted molar refractivity (Wildman–Crippen MR) is 153 cm³/mol. The summed E-state index contributed by atoms with van der Waals surface area (Å²) in [5.74, 6) is 0.252. The lowest BCUT2D eigenvalue weighted by Crippen LogP contribution is -2.54. The summed E-state index contributed by atoms with van der Waals surface area (Å²) in [6, 6.07) is 3.40. The van der Waals surface area contributed by atoms with Gasteiger partial charge in [0.1, 0.15) is 23.4 Å². The summed E-state index contributed by atoms with van der Waals surface area (Å²) in [7, 11) is 0. The van der Waals surface area contributed by atoms with Crippen LogP contribution < -0.4 is 10.6 Å². The zero-order valence-corrected chi connectivity index (χ0v) is 24.8. The first-order valence-electron chi connectivity index (χ1n) is 13.9. The van der Waals surface area contributed by atoms with Crippen LogP contribution in [0.4, 0.5) is 4.79 Å². The van der Waals surface area contributed by atoms with Crippen molar-refractivity contribution < 1.29 is 24.2 Å².